The Morgan fingerprint density at radius 1 is 0.567 bits per heavy atom. The van der Waals surface area contributed by atoms with Gasteiger partial charge in [0, 0.05) is 17.1 Å². The molecule has 5 aromatic rings. The third-order valence-electron chi connectivity index (χ3n) is 6.25. The zero-order valence-corrected chi connectivity index (χ0v) is 18.1. The van der Waals surface area contributed by atoms with Crippen LogP contribution in [0.5, 0.6) is 0 Å². The molecule has 0 aliphatic heterocycles. The van der Waals surface area contributed by atoms with E-state index < -0.39 is 0 Å². The van der Waals surface area contributed by atoms with Gasteiger partial charge in [0.05, 0.1) is 5.69 Å². The van der Waals surface area contributed by atoms with E-state index in [9.17, 15) is 0 Å². The van der Waals surface area contributed by atoms with E-state index in [1.54, 1.807) is 0 Å². The second-order valence-corrected chi connectivity index (χ2v) is 8.90. The minimum Gasteiger partial charge on any atom is -0.256 e. The number of hydrogen-bond donors (Lipinski definition) is 0. The number of rotatable bonds is 3. The van der Waals surface area contributed by atoms with Gasteiger partial charge in [0.1, 0.15) is 0 Å². The summed E-state index contributed by atoms with van der Waals surface area (Å²) in [6.07, 6.45) is 1.96. The molecule has 5 rings (SSSR count). The van der Waals surface area contributed by atoms with Crippen molar-refractivity contribution in [1.82, 2.24) is 4.98 Å². The first kappa shape index (κ1) is 18.8. The highest BCUT2D eigenvalue weighted by atomic mass is 14.7. The van der Waals surface area contributed by atoms with Crippen molar-refractivity contribution in [3.05, 3.63) is 90.1 Å². The van der Waals surface area contributed by atoms with Crippen LogP contribution >= 0.6 is 0 Å². The van der Waals surface area contributed by atoms with Gasteiger partial charge in [-0.15, -0.1) is 0 Å². The van der Waals surface area contributed by atoms with E-state index in [1.165, 1.54) is 49.0 Å². The van der Waals surface area contributed by atoms with Crippen molar-refractivity contribution in [2.24, 2.45) is 0 Å². The highest BCUT2D eigenvalue weighted by molar-refractivity contribution is 6.18. The molecule has 0 radical (unpaired) electrons. The molecule has 0 aliphatic carbocycles. The van der Waals surface area contributed by atoms with Gasteiger partial charge in [0.15, 0.2) is 0 Å². The lowest BCUT2D eigenvalue weighted by atomic mass is 9.90. The molecule has 0 fully saturated rings. The largest absolute Gasteiger partial charge is 0.256 e. The zero-order valence-electron chi connectivity index (χ0n) is 18.1. The van der Waals surface area contributed by atoms with Crippen LogP contribution in [0.3, 0.4) is 0 Å². The van der Waals surface area contributed by atoms with Gasteiger partial charge in [-0.25, -0.2) is 0 Å². The monoisotopic (exact) mass is 389 g/mol. The van der Waals surface area contributed by atoms with Gasteiger partial charge in [-0.3, -0.25) is 4.98 Å². The molecule has 0 amide bonds. The average molecular weight is 390 g/mol. The fraction of sp³-hybridized carbons (Fsp3) is 0.207. The molecular weight excluding hydrogens is 362 g/mol. The summed E-state index contributed by atoms with van der Waals surface area (Å²) in [6, 6.07) is 26.8. The first-order valence-electron chi connectivity index (χ1n) is 10.9. The SMILES string of the molecule is CC(C)c1cc(-c2nccc3c2ccc2c4ccccc4ccc32)cc(C(C)C)c1. The Morgan fingerprint density at radius 2 is 1.17 bits per heavy atom. The van der Waals surface area contributed by atoms with Crippen LogP contribution in [0.1, 0.15) is 50.7 Å². The summed E-state index contributed by atoms with van der Waals surface area (Å²) in [5.74, 6) is 0.981. The third-order valence-corrected chi connectivity index (χ3v) is 6.25. The molecule has 30 heavy (non-hydrogen) atoms. The van der Waals surface area contributed by atoms with Crippen LogP contribution in [0.4, 0.5) is 0 Å². The molecule has 0 N–H and O–H groups in total. The molecule has 0 aliphatic rings. The smallest absolute Gasteiger partial charge is 0.0780 e. The zero-order chi connectivity index (χ0) is 20.8. The van der Waals surface area contributed by atoms with E-state index in [0.29, 0.717) is 11.8 Å². The number of pyridine rings is 1. The maximum atomic E-state index is 4.85. The predicted molar refractivity (Wildman–Crippen MR) is 130 cm³/mol. The highest BCUT2D eigenvalue weighted by Crippen LogP contribution is 2.36. The molecule has 0 saturated carbocycles. The molecular formula is C29H27N. The van der Waals surface area contributed by atoms with Crippen LogP contribution in [0.15, 0.2) is 79.0 Å². The lowest BCUT2D eigenvalue weighted by molar-refractivity contribution is 0.834. The van der Waals surface area contributed by atoms with Crippen molar-refractivity contribution in [3.8, 4) is 11.3 Å². The topological polar surface area (TPSA) is 12.9 Å². The van der Waals surface area contributed by atoms with Gasteiger partial charge >= 0.3 is 0 Å². The summed E-state index contributed by atoms with van der Waals surface area (Å²) in [5.41, 5.74) is 5.05. The van der Waals surface area contributed by atoms with Gasteiger partial charge in [-0.05, 0) is 68.1 Å². The number of benzene rings is 4. The Bertz CT molecular complexity index is 1370. The number of nitrogens with zero attached hydrogens (tertiary/aromatic N) is 1. The van der Waals surface area contributed by atoms with E-state index in [1.807, 2.05) is 6.20 Å². The van der Waals surface area contributed by atoms with Crippen molar-refractivity contribution < 1.29 is 0 Å². The van der Waals surface area contributed by atoms with Crippen LogP contribution in [-0.4, -0.2) is 4.98 Å². The first-order valence-corrected chi connectivity index (χ1v) is 10.9. The minimum atomic E-state index is 0.490. The molecule has 0 unspecified atom stereocenters. The Labute approximate surface area is 178 Å². The second kappa shape index (κ2) is 7.25. The van der Waals surface area contributed by atoms with Gasteiger partial charge in [-0.1, -0.05) is 82.3 Å². The Morgan fingerprint density at radius 3 is 1.90 bits per heavy atom. The number of hydrogen-bond acceptors (Lipinski definition) is 1. The Hall–Kier alpha value is -3.19. The minimum absolute atomic E-state index is 0.490. The maximum absolute atomic E-state index is 4.85. The Balaban J connectivity index is 1.81. The summed E-state index contributed by atoms with van der Waals surface area (Å²) in [5, 5.41) is 7.67. The summed E-state index contributed by atoms with van der Waals surface area (Å²) in [7, 11) is 0. The van der Waals surface area contributed by atoms with Crippen molar-refractivity contribution in [2.45, 2.75) is 39.5 Å². The van der Waals surface area contributed by atoms with Gasteiger partial charge < -0.3 is 0 Å². The summed E-state index contributed by atoms with van der Waals surface area (Å²) >= 11 is 0. The summed E-state index contributed by atoms with van der Waals surface area (Å²) < 4.78 is 0. The molecule has 0 bridgehead atoms. The molecule has 1 heterocycles. The molecule has 1 nitrogen and oxygen atoms in total. The van der Waals surface area contributed by atoms with Crippen molar-refractivity contribution in [3.63, 3.8) is 0 Å². The van der Waals surface area contributed by atoms with Crippen molar-refractivity contribution in [1.29, 1.82) is 0 Å². The molecule has 1 aromatic heterocycles. The van der Waals surface area contributed by atoms with Gasteiger partial charge in [0.2, 0.25) is 0 Å². The van der Waals surface area contributed by atoms with Crippen LogP contribution in [0.2, 0.25) is 0 Å². The fourth-order valence-electron chi connectivity index (χ4n) is 4.46. The van der Waals surface area contributed by atoms with E-state index in [2.05, 4.69) is 100 Å². The number of fused-ring (bicyclic) bond motifs is 5. The third kappa shape index (κ3) is 3.06. The second-order valence-electron chi connectivity index (χ2n) is 8.90. The molecule has 4 aromatic carbocycles. The normalized spacial score (nSPS) is 11.9. The highest BCUT2D eigenvalue weighted by Gasteiger charge is 2.13. The average Bonchev–Trinajstić information content (AvgIpc) is 2.77. The maximum Gasteiger partial charge on any atom is 0.0780 e. The van der Waals surface area contributed by atoms with Crippen molar-refractivity contribution in [2.75, 3.05) is 0 Å². The summed E-state index contributed by atoms with van der Waals surface area (Å²) in [4.78, 5) is 4.85. The van der Waals surface area contributed by atoms with E-state index >= 15 is 0 Å². The van der Waals surface area contributed by atoms with Gasteiger partial charge in [-0.2, -0.15) is 0 Å². The standard InChI is InChI=1S/C29H27N/c1-18(2)21-15-22(19(3)4)17-23(16-21)29-28-12-11-25-24-8-6-5-7-20(24)9-10-26(25)27(28)13-14-30-29/h5-19H,1-4H3. The molecule has 148 valence electrons. The molecule has 0 saturated heterocycles. The molecule has 0 atom stereocenters. The van der Waals surface area contributed by atoms with E-state index in [4.69, 9.17) is 4.98 Å². The first-order chi connectivity index (χ1) is 14.5. The fourth-order valence-corrected chi connectivity index (χ4v) is 4.46. The lowest BCUT2D eigenvalue weighted by Gasteiger charge is -2.16. The molecule has 1 heteroatoms. The molecule has 0 spiro atoms. The van der Waals surface area contributed by atoms with Crippen LogP contribution in [0.25, 0.3) is 43.6 Å². The van der Waals surface area contributed by atoms with Crippen LogP contribution < -0.4 is 0 Å². The van der Waals surface area contributed by atoms with E-state index in [-0.39, 0.29) is 0 Å². The van der Waals surface area contributed by atoms with Crippen LogP contribution in [-0.2, 0) is 0 Å². The lowest BCUT2D eigenvalue weighted by Crippen LogP contribution is -1.96. The predicted octanol–water partition coefficient (Wildman–Crippen LogP) is 8.46. The van der Waals surface area contributed by atoms with Crippen molar-refractivity contribution >= 4 is 32.3 Å². The van der Waals surface area contributed by atoms with Crippen LogP contribution in [0, 0.1) is 0 Å². The number of aromatic nitrogens is 1. The van der Waals surface area contributed by atoms with E-state index in [0.717, 1.165) is 5.69 Å². The van der Waals surface area contributed by atoms with Gasteiger partial charge in [0.25, 0.3) is 0 Å². The summed E-state index contributed by atoms with van der Waals surface area (Å²) in [6.45, 7) is 9.05. The quantitative estimate of drug-likeness (QED) is 0.282. The Kier molecular flexibility index (Phi) is 4.55.